The van der Waals surface area contributed by atoms with Gasteiger partial charge in [-0.15, -0.1) is 0 Å². The maximum Gasteiger partial charge on any atom is 0.319 e. The van der Waals surface area contributed by atoms with E-state index in [0.717, 1.165) is 16.7 Å². The van der Waals surface area contributed by atoms with Crippen LogP contribution in [0.15, 0.2) is 90.1 Å². The molecule has 0 radical (unpaired) electrons. The molecule has 1 aliphatic heterocycles. The molecule has 4 rings (SSSR count). The molecule has 6 heteroatoms. The molecule has 1 aliphatic rings. The van der Waals surface area contributed by atoms with Crippen LogP contribution in [-0.4, -0.2) is 11.9 Å². The number of hydrogen-bond acceptors (Lipinski definition) is 3. The first-order valence-corrected chi connectivity index (χ1v) is 10.4. The monoisotopic (exact) mass is 427 g/mol. The van der Waals surface area contributed by atoms with Crippen LogP contribution in [0, 0.1) is 6.92 Å². The molecular weight excluding hydrogens is 402 g/mol. The van der Waals surface area contributed by atoms with Crippen LogP contribution >= 0.6 is 0 Å². The number of carbonyl (C=O) groups is 2. The van der Waals surface area contributed by atoms with E-state index in [1.165, 1.54) is 0 Å². The number of rotatable bonds is 6. The Balaban J connectivity index is 1.52. The number of amides is 3. The van der Waals surface area contributed by atoms with Gasteiger partial charge in [0.2, 0.25) is 0 Å². The van der Waals surface area contributed by atoms with Gasteiger partial charge in [0.15, 0.2) is 0 Å². The SMILES string of the molecule is CC1=C(C(=O)Nc2ccc(C)cc2)C(c2ccc(OCc3ccccc3)cc2)NC(=O)N1. The van der Waals surface area contributed by atoms with Crippen LogP contribution in [-0.2, 0) is 11.4 Å². The molecule has 1 heterocycles. The third-order valence-electron chi connectivity index (χ3n) is 5.28. The fraction of sp³-hybridized carbons (Fsp3) is 0.154. The smallest absolute Gasteiger partial charge is 0.319 e. The molecule has 0 fully saturated rings. The lowest BCUT2D eigenvalue weighted by molar-refractivity contribution is -0.113. The summed E-state index contributed by atoms with van der Waals surface area (Å²) in [5.41, 5.74) is 4.66. The Bertz CT molecular complexity index is 1140. The van der Waals surface area contributed by atoms with E-state index in [1.54, 1.807) is 6.92 Å². The first-order chi connectivity index (χ1) is 15.5. The summed E-state index contributed by atoms with van der Waals surface area (Å²) in [6.07, 6.45) is 0. The second-order valence-corrected chi connectivity index (χ2v) is 7.73. The van der Waals surface area contributed by atoms with Crippen LogP contribution in [0.25, 0.3) is 0 Å². The highest BCUT2D eigenvalue weighted by Crippen LogP contribution is 2.29. The van der Waals surface area contributed by atoms with Crippen molar-refractivity contribution in [1.29, 1.82) is 0 Å². The summed E-state index contributed by atoms with van der Waals surface area (Å²) in [6, 6.07) is 24.0. The zero-order chi connectivity index (χ0) is 22.5. The molecule has 0 bridgehead atoms. The molecule has 3 aromatic rings. The first-order valence-electron chi connectivity index (χ1n) is 10.4. The average Bonchev–Trinajstić information content (AvgIpc) is 2.79. The van der Waals surface area contributed by atoms with Gasteiger partial charge in [-0.05, 0) is 49.2 Å². The molecule has 3 aromatic carbocycles. The number of allylic oxidation sites excluding steroid dienone is 1. The standard InChI is InChI=1S/C26H25N3O3/c1-17-8-12-21(13-9-17)28-25(30)23-18(2)27-26(31)29-24(23)20-10-14-22(15-11-20)32-16-19-6-4-3-5-7-19/h3-15,24H,16H2,1-2H3,(H,28,30)(H2,27,29,31). The van der Waals surface area contributed by atoms with Crippen molar-refractivity contribution in [3.63, 3.8) is 0 Å². The van der Waals surface area contributed by atoms with Gasteiger partial charge in [0, 0.05) is 11.4 Å². The number of hydrogen-bond donors (Lipinski definition) is 3. The maximum atomic E-state index is 13.1. The minimum atomic E-state index is -0.572. The maximum absolute atomic E-state index is 13.1. The number of anilines is 1. The molecular formula is C26H25N3O3. The second kappa shape index (κ2) is 9.39. The van der Waals surface area contributed by atoms with Crippen LogP contribution in [0.3, 0.4) is 0 Å². The summed E-state index contributed by atoms with van der Waals surface area (Å²) in [5, 5.41) is 8.48. The van der Waals surface area contributed by atoms with Crippen molar-refractivity contribution in [3.05, 3.63) is 107 Å². The Morgan fingerprint density at radius 1 is 0.938 bits per heavy atom. The van der Waals surface area contributed by atoms with Gasteiger partial charge < -0.3 is 20.7 Å². The highest BCUT2D eigenvalue weighted by atomic mass is 16.5. The minimum absolute atomic E-state index is 0.270. The summed E-state index contributed by atoms with van der Waals surface area (Å²) in [4.78, 5) is 25.2. The van der Waals surface area contributed by atoms with E-state index in [-0.39, 0.29) is 11.9 Å². The van der Waals surface area contributed by atoms with E-state index in [9.17, 15) is 9.59 Å². The van der Waals surface area contributed by atoms with Crippen molar-refractivity contribution in [2.24, 2.45) is 0 Å². The van der Waals surface area contributed by atoms with E-state index in [2.05, 4.69) is 16.0 Å². The van der Waals surface area contributed by atoms with Gasteiger partial charge >= 0.3 is 6.03 Å². The van der Waals surface area contributed by atoms with Crippen molar-refractivity contribution in [2.45, 2.75) is 26.5 Å². The highest BCUT2D eigenvalue weighted by Gasteiger charge is 2.31. The molecule has 32 heavy (non-hydrogen) atoms. The molecule has 3 N–H and O–H groups in total. The van der Waals surface area contributed by atoms with Crippen LogP contribution in [0.5, 0.6) is 5.75 Å². The number of aryl methyl sites for hydroxylation is 1. The Morgan fingerprint density at radius 3 is 2.31 bits per heavy atom. The second-order valence-electron chi connectivity index (χ2n) is 7.73. The average molecular weight is 428 g/mol. The number of urea groups is 1. The molecule has 0 spiro atoms. The van der Waals surface area contributed by atoms with Gasteiger partial charge in [0.25, 0.3) is 5.91 Å². The van der Waals surface area contributed by atoms with Gasteiger partial charge in [-0.1, -0.05) is 60.2 Å². The van der Waals surface area contributed by atoms with Crippen LogP contribution in [0.1, 0.15) is 29.7 Å². The van der Waals surface area contributed by atoms with Gasteiger partial charge in [0.05, 0.1) is 11.6 Å². The topological polar surface area (TPSA) is 79.5 Å². The van der Waals surface area contributed by atoms with Gasteiger partial charge in [-0.25, -0.2) is 4.79 Å². The predicted octanol–water partition coefficient (Wildman–Crippen LogP) is 4.84. The summed E-state index contributed by atoms with van der Waals surface area (Å²) in [5.74, 6) is 0.442. The zero-order valence-corrected chi connectivity index (χ0v) is 18.0. The molecule has 3 amide bonds. The molecule has 0 aliphatic carbocycles. The Kier molecular flexibility index (Phi) is 6.22. The predicted molar refractivity (Wildman–Crippen MR) is 124 cm³/mol. The fourth-order valence-corrected chi connectivity index (χ4v) is 3.58. The number of benzene rings is 3. The van der Waals surface area contributed by atoms with Crippen LogP contribution < -0.4 is 20.7 Å². The van der Waals surface area contributed by atoms with Gasteiger partial charge in [-0.2, -0.15) is 0 Å². The van der Waals surface area contributed by atoms with Gasteiger partial charge in [0.1, 0.15) is 12.4 Å². The van der Waals surface area contributed by atoms with Crippen LogP contribution in [0.4, 0.5) is 10.5 Å². The Hall–Kier alpha value is -4.06. The number of carbonyl (C=O) groups excluding carboxylic acids is 2. The lowest BCUT2D eigenvalue weighted by Gasteiger charge is -2.28. The largest absolute Gasteiger partial charge is 0.489 e. The van der Waals surface area contributed by atoms with E-state index in [1.807, 2.05) is 85.8 Å². The summed E-state index contributed by atoms with van der Waals surface area (Å²) < 4.78 is 5.85. The molecule has 162 valence electrons. The Labute approximate surface area is 187 Å². The first kappa shape index (κ1) is 21.2. The minimum Gasteiger partial charge on any atom is -0.489 e. The number of ether oxygens (including phenoxy) is 1. The highest BCUT2D eigenvalue weighted by molar-refractivity contribution is 6.06. The van der Waals surface area contributed by atoms with Gasteiger partial charge in [-0.3, -0.25) is 4.79 Å². The normalized spacial score (nSPS) is 15.6. The van der Waals surface area contributed by atoms with E-state index < -0.39 is 6.04 Å². The molecule has 1 unspecified atom stereocenters. The van der Waals surface area contributed by atoms with E-state index in [0.29, 0.717) is 29.3 Å². The summed E-state index contributed by atoms with van der Waals surface area (Å²) in [7, 11) is 0. The third-order valence-corrected chi connectivity index (χ3v) is 5.28. The fourth-order valence-electron chi connectivity index (χ4n) is 3.58. The van der Waals surface area contributed by atoms with Crippen molar-refractivity contribution in [3.8, 4) is 5.75 Å². The molecule has 0 saturated heterocycles. The van der Waals surface area contributed by atoms with Crippen molar-refractivity contribution >= 4 is 17.6 Å². The van der Waals surface area contributed by atoms with E-state index >= 15 is 0 Å². The lowest BCUT2D eigenvalue weighted by atomic mass is 9.94. The lowest BCUT2D eigenvalue weighted by Crippen LogP contribution is -2.45. The molecule has 0 saturated carbocycles. The van der Waals surface area contributed by atoms with Crippen molar-refractivity contribution in [1.82, 2.24) is 10.6 Å². The zero-order valence-electron chi connectivity index (χ0n) is 18.0. The molecule has 1 atom stereocenters. The summed E-state index contributed by atoms with van der Waals surface area (Å²) >= 11 is 0. The third kappa shape index (κ3) is 4.98. The number of nitrogens with one attached hydrogen (secondary N) is 3. The van der Waals surface area contributed by atoms with Crippen LogP contribution in [0.2, 0.25) is 0 Å². The van der Waals surface area contributed by atoms with Crippen molar-refractivity contribution in [2.75, 3.05) is 5.32 Å². The van der Waals surface area contributed by atoms with Crippen molar-refractivity contribution < 1.29 is 14.3 Å². The molecule has 6 nitrogen and oxygen atoms in total. The summed E-state index contributed by atoms with van der Waals surface area (Å²) in [6.45, 7) is 4.18. The molecule has 0 aromatic heterocycles. The quantitative estimate of drug-likeness (QED) is 0.527. The van der Waals surface area contributed by atoms with E-state index in [4.69, 9.17) is 4.74 Å². The Morgan fingerprint density at radius 2 is 1.62 bits per heavy atom.